The molecule has 2 aromatic carbocycles. The van der Waals surface area contributed by atoms with Gasteiger partial charge in [-0.3, -0.25) is 4.57 Å². The summed E-state index contributed by atoms with van der Waals surface area (Å²) in [5.41, 5.74) is 2.52. The predicted octanol–water partition coefficient (Wildman–Crippen LogP) is 4.96. The van der Waals surface area contributed by atoms with Gasteiger partial charge in [-0.1, -0.05) is 23.2 Å². The van der Waals surface area contributed by atoms with Crippen molar-refractivity contribution in [2.45, 2.75) is 18.9 Å². The van der Waals surface area contributed by atoms with Gasteiger partial charge in [0.15, 0.2) is 0 Å². The summed E-state index contributed by atoms with van der Waals surface area (Å²) >= 11 is 12.5. The minimum absolute atomic E-state index is 0.303. The number of nitrogens with zero attached hydrogens (tertiary/aromatic N) is 4. The van der Waals surface area contributed by atoms with Crippen LogP contribution in [0.25, 0.3) is 28.2 Å². The molecule has 1 atom stereocenters. The second kappa shape index (κ2) is 8.94. The van der Waals surface area contributed by atoms with E-state index in [0.717, 1.165) is 48.3 Å². The van der Waals surface area contributed by atoms with Gasteiger partial charge in [-0.25, -0.2) is 9.97 Å². The number of aromatic nitrogens is 4. The summed E-state index contributed by atoms with van der Waals surface area (Å²) in [5.74, 6) is 2.74. The fourth-order valence-corrected chi connectivity index (χ4v) is 4.25. The van der Waals surface area contributed by atoms with Crippen molar-refractivity contribution in [2.75, 3.05) is 25.5 Å². The number of methoxy groups -OCH3 is 1. The molecule has 9 heteroatoms. The second-order valence-corrected chi connectivity index (χ2v) is 8.49. The highest BCUT2D eigenvalue weighted by Crippen LogP contribution is 2.33. The van der Waals surface area contributed by atoms with Gasteiger partial charge in [0.1, 0.15) is 17.4 Å². The highest BCUT2D eigenvalue weighted by atomic mass is 35.5. The fraction of sp³-hybridized carbons (Fsp3) is 0.261. The molecule has 7 nitrogen and oxygen atoms in total. The van der Waals surface area contributed by atoms with Crippen LogP contribution in [-0.2, 0) is 0 Å². The van der Waals surface area contributed by atoms with Crippen LogP contribution in [0, 0.1) is 0 Å². The number of hydrogen-bond donors (Lipinski definition) is 2. The molecular weight excluding hydrogens is 447 g/mol. The summed E-state index contributed by atoms with van der Waals surface area (Å²) in [5, 5.41) is 7.82. The van der Waals surface area contributed by atoms with Crippen LogP contribution in [-0.4, -0.2) is 45.8 Å². The minimum atomic E-state index is 0.303. The van der Waals surface area contributed by atoms with Gasteiger partial charge in [-0.15, -0.1) is 0 Å². The Labute approximate surface area is 195 Å². The lowest BCUT2D eigenvalue weighted by atomic mass is 10.1. The van der Waals surface area contributed by atoms with E-state index in [1.54, 1.807) is 19.4 Å². The smallest absolute Gasteiger partial charge is 0.224 e. The van der Waals surface area contributed by atoms with Gasteiger partial charge in [0.2, 0.25) is 5.95 Å². The molecule has 5 rings (SSSR count). The normalized spacial score (nSPS) is 16.3. The number of anilines is 1. The zero-order valence-corrected chi connectivity index (χ0v) is 19.0. The minimum Gasteiger partial charge on any atom is -0.497 e. The molecule has 32 heavy (non-hydrogen) atoms. The lowest BCUT2D eigenvalue weighted by Gasteiger charge is -2.23. The first-order valence-corrected chi connectivity index (χ1v) is 11.2. The third-order valence-corrected chi connectivity index (χ3v) is 6.28. The first-order valence-electron chi connectivity index (χ1n) is 10.4. The first kappa shape index (κ1) is 21.0. The van der Waals surface area contributed by atoms with E-state index in [1.165, 1.54) is 0 Å². The standard InChI is InChI=1S/C23H22Cl2N6O/c1-32-16-5-7-20-19(12-16)29-22(14-4-6-17(24)18(25)11-14)31(20)21-8-10-27-23(30-21)28-15-3-2-9-26-13-15/h4-8,10-12,15,26H,2-3,9,13H2,1H3,(H,27,28,30)/t15-/m0/s1. The highest BCUT2D eigenvalue weighted by molar-refractivity contribution is 6.42. The maximum atomic E-state index is 6.31. The molecule has 0 spiro atoms. The van der Waals surface area contributed by atoms with Crippen molar-refractivity contribution in [1.29, 1.82) is 0 Å². The Kier molecular flexibility index (Phi) is 5.87. The van der Waals surface area contributed by atoms with Gasteiger partial charge in [0.05, 0.1) is 28.2 Å². The molecule has 164 valence electrons. The van der Waals surface area contributed by atoms with Gasteiger partial charge in [-0.2, -0.15) is 4.98 Å². The number of rotatable bonds is 5. The van der Waals surface area contributed by atoms with E-state index < -0.39 is 0 Å². The van der Waals surface area contributed by atoms with Gasteiger partial charge in [0.25, 0.3) is 0 Å². The molecule has 4 aromatic rings. The number of benzene rings is 2. The summed E-state index contributed by atoms with van der Waals surface area (Å²) in [6, 6.07) is 13.4. The van der Waals surface area contributed by atoms with E-state index in [9.17, 15) is 0 Å². The third kappa shape index (κ3) is 4.11. The molecule has 0 amide bonds. The van der Waals surface area contributed by atoms with E-state index in [-0.39, 0.29) is 0 Å². The van der Waals surface area contributed by atoms with Gasteiger partial charge < -0.3 is 15.4 Å². The van der Waals surface area contributed by atoms with Crippen LogP contribution in [0.2, 0.25) is 10.0 Å². The number of imidazole rings is 1. The van der Waals surface area contributed by atoms with Crippen LogP contribution in [0.1, 0.15) is 12.8 Å². The van der Waals surface area contributed by atoms with E-state index >= 15 is 0 Å². The predicted molar refractivity (Wildman–Crippen MR) is 128 cm³/mol. The Morgan fingerprint density at radius 2 is 2.00 bits per heavy atom. The van der Waals surface area contributed by atoms with Gasteiger partial charge >= 0.3 is 0 Å². The number of hydrogen-bond acceptors (Lipinski definition) is 6. The van der Waals surface area contributed by atoms with Crippen molar-refractivity contribution in [3.63, 3.8) is 0 Å². The lowest BCUT2D eigenvalue weighted by molar-refractivity contribution is 0.415. The van der Waals surface area contributed by atoms with E-state index in [2.05, 4.69) is 15.6 Å². The zero-order chi connectivity index (χ0) is 22.1. The fourth-order valence-electron chi connectivity index (χ4n) is 3.95. The van der Waals surface area contributed by atoms with Gasteiger partial charge in [0, 0.05) is 30.4 Å². The van der Waals surface area contributed by atoms with Crippen molar-refractivity contribution in [3.05, 3.63) is 58.7 Å². The molecule has 1 aliphatic heterocycles. The Bertz CT molecular complexity index is 1270. The number of piperidine rings is 1. The van der Waals surface area contributed by atoms with Gasteiger partial charge in [-0.05, 0) is 55.8 Å². The van der Waals surface area contributed by atoms with Crippen LogP contribution in [0.4, 0.5) is 5.95 Å². The summed E-state index contributed by atoms with van der Waals surface area (Å²) in [6.45, 7) is 1.95. The Morgan fingerprint density at radius 3 is 2.78 bits per heavy atom. The monoisotopic (exact) mass is 468 g/mol. The van der Waals surface area contributed by atoms with E-state index in [0.29, 0.717) is 33.7 Å². The highest BCUT2D eigenvalue weighted by Gasteiger charge is 2.19. The maximum absolute atomic E-state index is 6.31. The topological polar surface area (TPSA) is 76.9 Å². The molecule has 1 aliphatic rings. The van der Waals surface area contributed by atoms with E-state index in [4.69, 9.17) is 37.9 Å². The van der Waals surface area contributed by atoms with Crippen molar-refractivity contribution < 1.29 is 4.74 Å². The Balaban J connectivity index is 1.63. The number of nitrogens with one attached hydrogen (secondary N) is 2. The molecule has 0 bridgehead atoms. The zero-order valence-electron chi connectivity index (χ0n) is 17.5. The largest absolute Gasteiger partial charge is 0.497 e. The lowest BCUT2D eigenvalue weighted by Crippen LogP contribution is -2.38. The van der Waals surface area contributed by atoms with Crippen molar-refractivity contribution >= 4 is 40.2 Å². The average Bonchev–Trinajstić information content (AvgIpc) is 3.20. The number of fused-ring (bicyclic) bond motifs is 1. The first-order chi connectivity index (χ1) is 15.6. The SMILES string of the molecule is COc1ccc2c(c1)nc(-c1ccc(Cl)c(Cl)c1)n2-c1ccnc(N[C@H]2CCCNC2)n1. The van der Waals surface area contributed by atoms with Crippen LogP contribution in [0.15, 0.2) is 48.7 Å². The van der Waals surface area contributed by atoms with Crippen LogP contribution in [0.3, 0.4) is 0 Å². The number of halogens is 2. The summed E-state index contributed by atoms with van der Waals surface area (Å²) in [6.07, 6.45) is 3.98. The average molecular weight is 469 g/mol. The summed E-state index contributed by atoms with van der Waals surface area (Å²) < 4.78 is 7.39. The molecule has 0 aliphatic carbocycles. The quantitative estimate of drug-likeness (QED) is 0.430. The van der Waals surface area contributed by atoms with Crippen molar-refractivity contribution in [1.82, 2.24) is 24.8 Å². The third-order valence-electron chi connectivity index (χ3n) is 5.54. The second-order valence-electron chi connectivity index (χ2n) is 7.68. The molecule has 0 saturated carbocycles. The van der Waals surface area contributed by atoms with Crippen molar-refractivity contribution in [2.24, 2.45) is 0 Å². The molecule has 1 saturated heterocycles. The Hall–Kier alpha value is -2.87. The maximum Gasteiger partial charge on any atom is 0.224 e. The Morgan fingerprint density at radius 1 is 1.09 bits per heavy atom. The molecule has 0 unspecified atom stereocenters. The number of ether oxygens (including phenoxy) is 1. The molecule has 1 fully saturated rings. The molecule has 2 aromatic heterocycles. The molecular formula is C23H22Cl2N6O. The van der Waals surface area contributed by atoms with E-state index in [1.807, 2.05) is 41.0 Å². The van der Waals surface area contributed by atoms with Crippen LogP contribution < -0.4 is 15.4 Å². The molecule has 0 radical (unpaired) electrons. The van der Waals surface area contributed by atoms with Crippen LogP contribution >= 0.6 is 23.2 Å². The molecule has 3 heterocycles. The van der Waals surface area contributed by atoms with Crippen molar-refractivity contribution in [3.8, 4) is 23.0 Å². The summed E-state index contributed by atoms with van der Waals surface area (Å²) in [7, 11) is 1.64. The summed E-state index contributed by atoms with van der Waals surface area (Å²) in [4.78, 5) is 14.1. The van der Waals surface area contributed by atoms with Crippen LogP contribution in [0.5, 0.6) is 5.75 Å². The molecule has 2 N–H and O–H groups in total.